The zero-order valence-corrected chi connectivity index (χ0v) is 33.6. The van der Waals surface area contributed by atoms with Gasteiger partial charge in [0.2, 0.25) is 0 Å². The first-order valence-electron chi connectivity index (χ1n) is 17.6. The molecule has 2 aliphatic rings. The van der Waals surface area contributed by atoms with Crippen molar-refractivity contribution in [1.82, 2.24) is 0 Å². The van der Waals surface area contributed by atoms with Crippen LogP contribution in [0.1, 0.15) is 92.4 Å². The van der Waals surface area contributed by atoms with E-state index in [4.69, 9.17) is 0 Å². The van der Waals surface area contributed by atoms with E-state index in [1.54, 1.807) is 11.1 Å². The second-order valence-electron chi connectivity index (χ2n) is 16.5. The van der Waals surface area contributed by atoms with E-state index in [-0.39, 0.29) is 0 Å². The molecule has 0 aliphatic heterocycles. The summed E-state index contributed by atoms with van der Waals surface area (Å²) in [5.41, 5.74) is 16.8. The molecule has 2 unspecified atom stereocenters. The summed E-state index contributed by atoms with van der Waals surface area (Å²) in [4.78, 5) is 0. The summed E-state index contributed by atoms with van der Waals surface area (Å²) in [5, 5.41) is 0. The van der Waals surface area contributed by atoms with E-state index in [9.17, 15) is 0 Å². The molecule has 0 fully saturated rings. The molecule has 0 bridgehead atoms. The minimum atomic E-state index is -4.16. The van der Waals surface area contributed by atoms with Crippen LogP contribution in [-0.4, -0.2) is 3.26 Å². The van der Waals surface area contributed by atoms with Crippen molar-refractivity contribution >= 4 is 15.4 Å². The van der Waals surface area contributed by atoms with Gasteiger partial charge in [-0.25, -0.2) is 0 Å². The van der Waals surface area contributed by atoms with E-state index in [1.807, 2.05) is 3.26 Å². The molecule has 4 aromatic rings. The second kappa shape index (κ2) is 12.3. The van der Waals surface area contributed by atoms with E-state index >= 15 is 0 Å². The minimum absolute atomic E-state index is 0.468. The van der Waals surface area contributed by atoms with Crippen molar-refractivity contribution in [1.29, 1.82) is 0 Å². The van der Waals surface area contributed by atoms with E-state index in [0.717, 1.165) is 0 Å². The van der Waals surface area contributed by atoms with Crippen LogP contribution < -0.4 is 0 Å². The Hall–Kier alpha value is -2.90. The number of aryl methyl sites for hydroxylation is 4. The molecule has 2 atom stereocenters. The van der Waals surface area contributed by atoms with Crippen molar-refractivity contribution in [2.75, 3.05) is 0 Å². The molecule has 0 nitrogen and oxygen atoms in total. The predicted octanol–water partition coefficient (Wildman–Crippen LogP) is 13.1. The normalized spacial score (nSPS) is 17.2. The van der Waals surface area contributed by atoms with Gasteiger partial charge < -0.3 is 0 Å². The summed E-state index contributed by atoms with van der Waals surface area (Å²) in [6, 6.07) is 28.4. The molecule has 0 N–H and O–H groups in total. The third-order valence-corrected chi connectivity index (χ3v) is 38.1. The van der Waals surface area contributed by atoms with Crippen LogP contribution in [0.2, 0.25) is 9.36 Å². The SMILES string of the molecule is Cc1cc(C)cc(-c2cccc3c2C=C[CH]3[Hf]([CH3])([CH3])(=[C](CC(C)C)CC(C)C)[CH]2C=Cc3c(-c4cc(C)cc(C)c4)cccc32)c1. The van der Waals surface area contributed by atoms with Gasteiger partial charge in [0.05, 0.1) is 0 Å². The van der Waals surface area contributed by atoms with Gasteiger partial charge in [-0.3, -0.25) is 0 Å². The molecule has 238 valence electrons. The Morgan fingerprint density at radius 3 is 1.28 bits per heavy atom. The molecule has 0 radical (unpaired) electrons. The molecule has 4 aromatic carbocycles. The first-order valence-corrected chi connectivity index (χ1v) is 30.7. The third kappa shape index (κ3) is 5.76. The Kier molecular flexibility index (Phi) is 8.81. The van der Waals surface area contributed by atoms with Crippen molar-refractivity contribution < 1.29 is 18.0 Å². The van der Waals surface area contributed by atoms with Crippen molar-refractivity contribution in [3.63, 3.8) is 0 Å². The van der Waals surface area contributed by atoms with Gasteiger partial charge in [-0.05, 0) is 0 Å². The molecule has 6 rings (SSSR count). The zero-order chi connectivity index (χ0) is 33.0. The third-order valence-electron chi connectivity index (χ3n) is 11.3. The predicted molar refractivity (Wildman–Crippen MR) is 202 cm³/mol. The van der Waals surface area contributed by atoms with Gasteiger partial charge in [0.25, 0.3) is 0 Å². The first kappa shape index (κ1) is 33.0. The molecule has 1 heteroatoms. The number of fused-ring (bicyclic) bond motifs is 2. The molecule has 0 spiro atoms. The molecule has 0 saturated heterocycles. The summed E-state index contributed by atoms with van der Waals surface area (Å²) in [6.07, 6.45) is 12.8. The van der Waals surface area contributed by atoms with Crippen LogP contribution in [-0.2, 0) is 18.0 Å². The molecule has 0 aromatic heterocycles. The number of benzene rings is 4. The maximum absolute atomic E-state index is 4.16. The first-order chi connectivity index (χ1) is 21.8. The Bertz CT molecular complexity index is 1780. The fourth-order valence-corrected chi connectivity index (χ4v) is 35.1. The van der Waals surface area contributed by atoms with Crippen molar-refractivity contribution in [3.05, 3.63) is 129 Å². The molecular weight excluding hydrogens is 719 g/mol. The van der Waals surface area contributed by atoms with Gasteiger partial charge in [-0.2, -0.15) is 0 Å². The Morgan fingerprint density at radius 1 is 0.565 bits per heavy atom. The fourth-order valence-electron chi connectivity index (χ4n) is 9.33. The summed E-state index contributed by atoms with van der Waals surface area (Å²) in [7, 11) is 0. The van der Waals surface area contributed by atoms with Crippen molar-refractivity contribution in [2.24, 2.45) is 11.8 Å². The Balaban J connectivity index is 1.61. The Labute approximate surface area is 280 Å². The van der Waals surface area contributed by atoms with Crippen LogP contribution in [0.15, 0.2) is 84.9 Å². The van der Waals surface area contributed by atoms with Crippen LogP contribution in [0.3, 0.4) is 0 Å². The summed E-state index contributed by atoms with van der Waals surface area (Å²) >= 11 is -4.16. The van der Waals surface area contributed by atoms with E-state index < -0.39 is 18.0 Å². The van der Waals surface area contributed by atoms with Crippen molar-refractivity contribution in [3.8, 4) is 22.3 Å². The van der Waals surface area contributed by atoms with Crippen LogP contribution >= 0.6 is 0 Å². The molecule has 46 heavy (non-hydrogen) atoms. The summed E-state index contributed by atoms with van der Waals surface area (Å²) < 4.78 is 8.55. The van der Waals surface area contributed by atoms with Gasteiger partial charge >= 0.3 is 282 Å². The number of hydrogen-bond donors (Lipinski definition) is 0. The topological polar surface area (TPSA) is 0 Å². The van der Waals surface area contributed by atoms with Gasteiger partial charge in [0.15, 0.2) is 0 Å². The van der Waals surface area contributed by atoms with Crippen molar-refractivity contribution in [2.45, 2.75) is 84.9 Å². The van der Waals surface area contributed by atoms with Crippen LogP contribution in [0.4, 0.5) is 0 Å². The molecule has 0 saturated carbocycles. The summed E-state index contributed by atoms with van der Waals surface area (Å²) in [6.45, 7) is 18.6. The van der Waals surface area contributed by atoms with Gasteiger partial charge in [-0.15, -0.1) is 0 Å². The number of allylic oxidation sites excluding steroid dienone is 2. The van der Waals surface area contributed by atoms with Gasteiger partial charge in [0, 0.05) is 0 Å². The quantitative estimate of drug-likeness (QED) is 0.157. The maximum atomic E-state index is 2.85. The molecular formula is C45H54Hf. The number of rotatable bonds is 8. The van der Waals surface area contributed by atoms with Crippen LogP contribution in [0.5, 0.6) is 0 Å². The van der Waals surface area contributed by atoms with E-state index in [0.29, 0.717) is 19.2 Å². The van der Waals surface area contributed by atoms with Gasteiger partial charge in [0.1, 0.15) is 0 Å². The van der Waals surface area contributed by atoms with Crippen LogP contribution in [0, 0.1) is 39.5 Å². The molecule has 0 heterocycles. The fraction of sp³-hybridized carbons (Fsp3) is 0.356. The molecule has 0 amide bonds. The van der Waals surface area contributed by atoms with Crippen LogP contribution in [0.25, 0.3) is 34.4 Å². The number of hydrogen-bond acceptors (Lipinski definition) is 0. The standard InChI is InChI=1S/2C17H15.C9H18.2CH3.Hf/c2*1-12-9-13(2)11-15(10-12)17-8-4-6-14-5-3-7-16(14)17;1-8(2)6-5-7-9(3)4;;;/h2*3-11H,1-2H3;8-9H,6-7H2,1-4H3;2*1H3;. The van der Waals surface area contributed by atoms with E-state index in [2.05, 4.69) is 162 Å². The van der Waals surface area contributed by atoms with E-state index in [1.165, 1.54) is 68.5 Å². The molecule has 2 aliphatic carbocycles. The Morgan fingerprint density at radius 2 is 0.935 bits per heavy atom. The summed E-state index contributed by atoms with van der Waals surface area (Å²) in [5.74, 6) is 1.28. The average molecular weight is 773 g/mol. The monoisotopic (exact) mass is 774 g/mol. The van der Waals surface area contributed by atoms with Gasteiger partial charge in [-0.1, -0.05) is 0 Å². The average Bonchev–Trinajstić information content (AvgIpc) is 3.61. The zero-order valence-electron chi connectivity index (χ0n) is 30.0. The second-order valence-corrected chi connectivity index (χ2v) is 42.2.